The van der Waals surface area contributed by atoms with Gasteiger partial charge >= 0.3 is 6.18 Å². The first kappa shape index (κ1) is 41.4. The average Bonchev–Trinajstić information content (AvgIpc) is 3.01. The van der Waals surface area contributed by atoms with Gasteiger partial charge in [0.25, 0.3) is 5.91 Å². The number of amides is 2. The lowest BCUT2D eigenvalue weighted by Gasteiger charge is -2.10. The molecule has 0 fully saturated rings. The Morgan fingerprint density at radius 3 is 2.02 bits per heavy atom. The van der Waals surface area contributed by atoms with Crippen LogP contribution in [0.25, 0.3) is 0 Å². The summed E-state index contributed by atoms with van der Waals surface area (Å²) in [5, 5.41) is 8.30. The van der Waals surface area contributed by atoms with E-state index in [4.69, 9.17) is 0 Å². The topological polar surface area (TPSA) is 70.2 Å². The van der Waals surface area contributed by atoms with Crippen LogP contribution >= 0.6 is 0 Å². The Morgan fingerprint density at radius 1 is 0.878 bits per heavy atom. The first-order valence-corrected chi connectivity index (χ1v) is 13.1. The summed E-state index contributed by atoms with van der Waals surface area (Å²) in [6, 6.07) is 12.4. The van der Waals surface area contributed by atoms with Crippen LogP contribution in [-0.4, -0.2) is 31.4 Å². The Bertz CT molecular complexity index is 1030. The molecule has 0 heterocycles. The van der Waals surface area contributed by atoms with Crippen molar-refractivity contribution in [3.63, 3.8) is 0 Å². The van der Waals surface area contributed by atoms with E-state index in [9.17, 15) is 27.2 Å². The minimum Gasteiger partial charge on any atom is -0.355 e. The van der Waals surface area contributed by atoms with Crippen LogP contribution in [0.2, 0.25) is 0 Å². The van der Waals surface area contributed by atoms with Gasteiger partial charge in [0, 0.05) is 18.7 Å². The number of rotatable bonds is 11. The van der Waals surface area contributed by atoms with Crippen LogP contribution in [0.4, 0.5) is 17.6 Å². The normalized spacial score (nSPS) is 9.66. The van der Waals surface area contributed by atoms with E-state index in [1.165, 1.54) is 23.3 Å². The molecule has 226 valence electrons. The third kappa shape index (κ3) is 21.4. The van der Waals surface area contributed by atoms with Crippen molar-refractivity contribution in [3.8, 4) is 25.7 Å². The maximum atomic E-state index is 12.7. The Kier molecular flexibility index (Phi) is 27.8. The summed E-state index contributed by atoms with van der Waals surface area (Å²) in [5.74, 6) is -1.13. The predicted octanol–water partition coefficient (Wildman–Crippen LogP) is 6.70. The van der Waals surface area contributed by atoms with Crippen molar-refractivity contribution in [2.45, 2.75) is 59.7 Å². The number of carbonyl (C=O) groups is 2. The van der Waals surface area contributed by atoms with Crippen LogP contribution in [0, 0.1) is 25.7 Å². The number of benzene rings is 2. The van der Waals surface area contributed by atoms with Gasteiger partial charge in [0.1, 0.15) is 0 Å². The lowest BCUT2D eigenvalue weighted by Crippen LogP contribution is -2.37. The molecule has 0 bridgehead atoms. The molecule has 5 nitrogen and oxygen atoms in total. The van der Waals surface area contributed by atoms with Crippen molar-refractivity contribution in [2.24, 2.45) is 0 Å². The molecule has 0 aromatic heterocycles. The van der Waals surface area contributed by atoms with Crippen LogP contribution in [0.15, 0.2) is 60.9 Å². The molecule has 0 saturated heterocycles. The molecule has 2 rings (SSSR count). The molecule has 41 heavy (non-hydrogen) atoms. The first-order chi connectivity index (χ1) is 19.7. The zero-order valence-corrected chi connectivity index (χ0v) is 24.4. The molecule has 2 aromatic carbocycles. The fourth-order valence-electron chi connectivity index (χ4n) is 2.88. The third-order valence-corrected chi connectivity index (χ3v) is 4.77. The number of allylic oxidation sites excluding steroid dienone is 1. The van der Waals surface area contributed by atoms with Gasteiger partial charge in [0.05, 0.1) is 18.4 Å². The maximum Gasteiger partial charge on any atom is 0.416 e. The molecular weight excluding hydrogens is 534 g/mol. The second-order valence-corrected chi connectivity index (χ2v) is 7.58. The number of alkyl halides is 3. The highest BCUT2D eigenvalue weighted by Gasteiger charge is 2.30. The average molecular weight is 578 g/mol. The molecule has 2 aromatic rings. The second-order valence-electron chi connectivity index (χ2n) is 7.58. The van der Waals surface area contributed by atoms with Gasteiger partial charge in [-0.2, -0.15) is 13.2 Å². The van der Waals surface area contributed by atoms with Gasteiger partial charge in [-0.1, -0.05) is 64.1 Å². The number of terminal acetylenes is 2. The van der Waals surface area contributed by atoms with Crippen molar-refractivity contribution < 1.29 is 27.2 Å². The highest BCUT2D eigenvalue weighted by atomic mass is 19.4. The molecule has 0 spiro atoms. The van der Waals surface area contributed by atoms with Gasteiger partial charge in [-0.15, -0.1) is 25.7 Å². The molecule has 0 aliphatic rings. The Morgan fingerprint density at radius 2 is 1.49 bits per heavy atom. The van der Waals surface area contributed by atoms with E-state index in [1.807, 2.05) is 26.8 Å². The van der Waals surface area contributed by atoms with Gasteiger partial charge in [0.15, 0.2) is 0 Å². The molecule has 3 N–H and O–H groups in total. The number of hydrogen-bond donors (Lipinski definition) is 3. The van der Waals surface area contributed by atoms with E-state index in [1.54, 1.807) is 0 Å². The summed E-state index contributed by atoms with van der Waals surface area (Å²) in [5.41, 5.74) is 1.44. The SMILES string of the molecule is C#C.C#C.CC.CC/C=C/F.CCc1cccc(CNCCCNC(=O)CNC(=O)c2cccc(C(F)(F)F)c2)c1. The number of nitrogens with one attached hydrogen (secondary N) is 3. The second kappa shape index (κ2) is 27.5. The van der Waals surface area contributed by atoms with Crippen LogP contribution in [0.3, 0.4) is 0 Å². The summed E-state index contributed by atoms with van der Waals surface area (Å²) >= 11 is 0. The van der Waals surface area contributed by atoms with E-state index < -0.39 is 23.6 Å². The van der Waals surface area contributed by atoms with E-state index in [0.717, 1.165) is 37.6 Å². The van der Waals surface area contributed by atoms with Crippen LogP contribution in [0.5, 0.6) is 0 Å². The van der Waals surface area contributed by atoms with Gasteiger partial charge in [-0.05, 0) is 55.1 Å². The van der Waals surface area contributed by atoms with Crippen molar-refractivity contribution >= 4 is 11.8 Å². The number of carbonyl (C=O) groups excluding carboxylic acids is 2. The first-order valence-electron chi connectivity index (χ1n) is 13.1. The standard InChI is InChI=1S/C22H26F3N3O2.C4H7F.C2H6.2C2H2/c1-2-16-6-3-7-17(12-16)14-26-10-5-11-27-20(29)15-28-21(30)18-8-4-9-19(13-18)22(23,24)25;1-2-3-4-5;3*1-2/h3-4,6-9,12-13,26H,2,5,10-11,14-15H2,1H3,(H,27,29)(H,28,30);3-4H,2H2,1H3;1-2H3;2*1-2H/b;4-3+;;;. The molecule has 9 heteroatoms. The van der Waals surface area contributed by atoms with Gasteiger partial charge in [-0.25, -0.2) is 4.39 Å². The van der Waals surface area contributed by atoms with Crippen molar-refractivity contribution in [2.75, 3.05) is 19.6 Å². The quantitative estimate of drug-likeness (QED) is 0.158. The highest BCUT2D eigenvalue weighted by Crippen LogP contribution is 2.29. The fourth-order valence-corrected chi connectivity index (χ4v) is 2.88. The minimum absolute atomic E-state index is 0.144. The summed E-state index contributed by atoms with van der Waals surface area (Å²) in [7, 11) is 0. The Hall–Kier alpha value is -4.08. The number of halogens is 4. The smallest absolute Gasteiger partial charge is 0.355 e. The molecule has 2 amide bonds. The van der Waals surface area contributed by atoms with E-state index in [2.05, 4.69) is 66.8 Å². The van der Waals surface area contributed by atoms with Crippen molar-refractivity contribution in [1.82, 2.24) is 16.0 Å². The molecule has 0 radical (unpaired) electrons. The van der Waals surface area contributed by atoms with E-state index in [-0.39, 0.29) is 12.1 Å². The monoisotopic (exact) mass is 577 g/mol. The lowest BCUT2D eigenvalue weighted by atomic mass is 10.1. The molecular formula is C32H43F4N3O2. The van der Waals surface area contributed by atoms with Crippen molar-refractivity contribution in [3.05, 3.63) is 83.2 Å². The summed E-state index contributed by atoms with van der Waals surface area (Å²) < 4.78 is 48.9. The zero-order valence-electron chi connectivity index (χ0n) is 24.4. The Balaban J connectivity index is -0.00000114. The molecule has 0 saturated carbocycles. The largest absolute Gasteiger partial charge is 0.416 e. The predicted molar refractivity (Wildman–Crippen MR) is 161 cm³/mol. The summed E-state index contributed by atoms with van der Waals surface area (Å²) in [4.78, 5) is 23.8. The molecule has 0 aliphatic heterocycles. The van der Waals surface area contributed by atoms with E-state index in [0.29, 0.717) is 25.8 Å². The molecule has 0 aliphatic carbocycles. The van der Waals surface area contributed by atoms with E-state index >= 15 is 0 Å². The van der Waals surface area contributed by atoms with Crippen molar-refractivity contribution in [1.29, 1.82) is 0 Å². The molecule has 0 unspecified atom stereocenters. The fraction of sp³-hybridized carbons (Fsp3) is 0.375. The summed E-state index contributed by atoms with van der Waals surface area (Å²) in [6.45, 7) is 9.59. The summed E-state index contributed by atoms with van der Waals surface area (Å²) in [6.07, 6.45) is 16.0. The maximum absolute atomic E-state index is 12.7. The zero-order chi connectivity index (χ0) is 32.1. The number of aryl methyl sites for hydroxylation is 1. The lowest BCUT2D eigenvalue weighted by molar-refractivity contribution is -0.137. The highest BCUT2D eigenvalue weighted by molar-refractivity contribution is 5.96. The number of hydrogen-bond acceptors (Lipinski definition) is 3. The molecule has 0 atom stereocenters. The van der Waals surface area contributed by atoms with Gasteiger partial charge < -0.3 is 16.0 Å². The van der Waals surface area contributed by atoms with Crippen LogP contribution in [0.1, 0.15) is 67.6 Å². The van der Waals surface area contributed by atoms with Gasteiger partial charge in [0.2, 0.25) is 5.91 Å². The van der Waals surface area contributed by atoms with Crippen LogP contribution < -0.4 is 16.0 Å². The van der Waals surface area contributed by atoms with Gasteiger partial charge in [-0.3, -0.25) is 9.59 Å². The van der Waals surface area contributed by atoms with Crippen LogP contribution in [-0.2, 0) is 23.9 Å². The Labute approximate surface area is 243 Å². The third-order valence-electron chi connectivity index (χ3n) is 4.77. The minimum atomic E-state index is -4.53.